The number of hydrogen-bond acceptors (Lipinski definition) is 2. The minimum Gasteiger partial charge on any atom is -0.368 e. The fourth-order valence-electron chi connectivity index (χ4n) is 2.11. The van der Waals surface area contributed by atoms with Gasteiger partial charge in [-0.2, -0.15) is 0 Å². The highest BCUT2D eigenvalue weighted by atomic mass is 31.0. The second kappa shape index (κ2) is 5.11. The Kier molecular flexibility index (Phi) is 3.78. The van der Waals surface area contributed by atoms with Crippen molar-refractivity contribution >= 4 is 20.2 Å². The Labute approximate surface area is 98.6 Å². The van der Waals surface area contributed by atoms with Gasteiger partial charge in [0.15, 0.2) is 0 Å². The van der Waals surface area contributed by atoms with Crippen LogP contribution >= 0.6 is 9.24 Å². The van der Waals surface area contributed by atoms with E-state index in [0.717, 1.165) is 38.4 Å². The van der Waals surface area contributed by atoms with E-state index < -0.39 is 0 Å². The van der Waals surface area contributed by atoms with Gasteiger partial charge in [0, 0.05) is 37.2 Å². The molecular weight excluding hydrogens is 222 g/mol. The van der Waals surface area contributed by atoms with Crippen molar-refractivity contribution in [1.82, 2.24) is 4.90 Å². The van der Waals surface area contributed by atoms with E-state index in [2.05, 4.69) is 26.0 Å². The molecule has 0 aromatic heterocycles. The third kappa shape index (κ3) is 2.36. The van der Waals surface area contributed by atoms with Crippen molar-refractivity contribution in [2.45, 2.75) is 6.92 Å². The lowest BCUT2D eigenvalue weighted by Crippen LogP contribution is -2.47. The second-order valence-electron chi connectivity index (χ2n) is 4.09. The Morgan fingerprint density at radius 3 is 2.56 bits per heavy atom. The molecule has 2 rings (SSSR count). The summed E-state index contributed by atoms with van der Waals surface area (Å²) in [6, 6.07) is 5.28. The van der Waals surface area contributed by atoms with Crippen molar-refractivity contribution in [3.8, 4) is 0 Å². The van der Waals surface area contributed by atoms with E-state index in [1.807, 2.05) is 6.07 Å². The van der Waals surface area contributed by atoms with Crippen LogP contribution in [0.5, 0.6) is 0 Å². The lowest BCUT2D eigenvalue weighted by Gasteiger charge is -2.36. The molecular formula is C12H18FN2P. The maximum absolute atomic E-state index is 13.4. The Morgan fingerprint density at radius 1 is 1.25 bits per heavy atom. The minimum atomic E-state index is -0.138. The molecule has 1 aliphatic rings. The Balaban J connectivity index is 2.11. The number of nitrogens with zero attached hydrogens (tertiary/aromatic N) is 2. The van der Waals surface area contributed by atoms with E-state index in [1.165, 1.54) is 6.07 Å². The van der Waals surface area contributed by atoms with Crippen LogP contribution < -0.4 is 10.2 Å². The average molecular weight is 240 g/mol. The van der Waals surface area contributed by atoms with Gasteiger partial charge in [-0.3, -0.25) is 0 Å². The summed E-state index contributed by atoms with van der Waals surface area (Å²) < 4.78 is 13.4. The van der Waals surface area contributed by atoms with E-state index in [1.54, 1.807) is 6.07 Å². The highest BCUT2D eigenvalue weighted by Gasteiger charge is 2.17. The van der Waals surface area contributed by atoms with Crippen LogP contribution in [0.3, 0.4) is 0 Å². The van der Waals surface area contributed by atoms with Gasteiger partial charge in [-0.15, -0.1) is 9.24 Å². The van der Waals surface area contributed by atoms with Gasteiger partial charge in [0.05, 0.1) is 0 Å². The maximum atomic E-state index is 13.4. The Hall–Kier alpha value is -0.660. The Morgan fingerprint density at radius 2 is 1.94 bits per heavy atom. The highest BCUT2D eigenvalue weighted by Crippen LogP contribution is 2.17. The predicted octanol–water partition coefficient (Wildman–Crippen LogP) is 1.47. The number of hydrogen-bond donors (Lipinski definition) is 0. The monoisotopic (exact) mass is 240 g/mol. The summed E-state index contributed by atoms with van der Waals surface area (Å²) >= 11 is 0. The van der Waals surface area contributed by atoms with Crippen LogP contribution in [0.2, 0.25) is 0 Å². The van der Waals surface area contributed by atoms with Crippen LogP contribution in [0.25, 0.3) is 0 Å². The van der Waals surface area contributed by atoms with Gasteiger partial charge in [0.25, 0.3) is 0 Å². The second-order valence-corrected chi connectivity index (χ2v) is 4.67. The summed E-state index contributed by atoms with van der Waals surface area (Å²) in [6.45, 7) is 7.38. The molecule has 0 amide bonds. The largest absolute Gasteiger partial charge is 0.368 e. The average Bonchev–Trinajstić information content (AvgIpc) is 2.33. The van der Waals surface area contributed by atoms with Crippen LogP contribution in [0.15, 0.2) is 18.2 Å². The zero-order valence-electron chi connectivity index (χ0n) is 9.62. The molecule has 0 N–H and O–H groups in total. The standard InChI is InChI=1S/C12H18FN2P/c1-2-14-6-8-15(9-7-14)11-5-3-4-10(13)12(11)16/h3-5H,2,6-9,16H2,1H3. The van der Waals surface area contributed by atoms with Gasteiger partial charge < -0.3 is 9.80 Å². The molecule has 1 aliphatic heterocycles. The minimum absolute atomic E-state index is 0.138. The highest BCUT2D eigenvalue weighted by molar-refractivity contribution is 7.28. The molecule has 1 fully saturated rings. The zero-order chi connectivity index (χ0) is 11.5. The molecule has 0 aliphatic carbocycles. The molecule has 0 bridgehead atoms. The molecule has 2 nitrogen and oxygen atoms in total. The number of anilines is 1. The van der Waals surface area contributed by atoms with E-state index in [-0.39, 0.29) is 5.82 Å². The van der Waals surface area contributed by atoms with Crippen LogP contribution in [-0.4, -0.2) is 37.6 Å². The molecule has 4 heteroatoms. The summed E-state index contributed by atoms with van der Waals surface area (Å²) in [7, 11) is 2.51. The predicted molar refractivity (Wildman–Crippen MR) is 70.1 cm³/mol. The molecule has 1 aromatic carbocycles. The van der Waals surface area contributed by atoms with E-state index in [9.17, 15) is 4.39 Å². The van der Waals surface area contributed by atoms with Crippen molar-refractivity contribution < 1.29 is 4.39 Å². The summed E-state index contributed by atoms with van der Waals surface area (Å²) in [5, 5.41) is 0.687. The van der Waals surface area contributed by atoms with Gasteiger partial charge in [0.2, 0.25) is 0 Å². The number of halogens is 1. The van der Waals surface area contributed by atoms with E-state index in [0.29, 0.717) is 5.30 Å². The van der Waals surface area contributed by atoms with Crippen molar-refractivity contribution in [3.05, 3.63) is 24.0 Å². The first kappa shape index (κ1) is 11.8. The van der Waals surface area contributed by atoms with E-state index in [4.69, 9.17) is 0 Å². The molecule has 0 radical (unpaired) electrons. The maximum Gasteiger partial charge on any atom is 0.132 e. The molecule has 1 unspecified atom stereocenters. The van der Waals surface area contributed by atoms with Crippen LogP contribution in [-0.2, 0) is 0 Å². The summed E-state index contributed by atoms with van der Waals surface area (Å²) in [5.74, 6) is -0.138. The number of piperazine rings is 1. The SMILES string of the molecule is CCN1CCN(c2cccc(F)c2P)CC1. The molecule has 0 spiro atoms. The zero-order valence-corrected chi connectivity index (χ0v) is 10.8. The van der Waals surface area contributed by atoms with Gasteiger partial charge in [-0.25, -0.2) is 4.39 Å². The van der Waals surface area contributed by atoms with Crippen LogP contribution in [0.1, 0.15) is 6.92 Å². The topological polar surface area (TPSA) is 6.48 Å². The van der Waals surface area contributed by atoms with Gasteiger partial charge >= 0.3 is 0 Å². The lowest BCUT2D eigenvalue weighted by atomic mass is 10.2. The first-order valence-electron chi connectivity index (χ1n) is 5.73. The number of likely N-dealkylation sites (N-methyl/N-ethyl adjacent to an activating group) is 1. The summed E-state index contributed by atoms with van der Waals surface area (Å²) in [4.78, 5) is 4.68. The summed E-state index contributed by atoms with van der Waals surface area (Å²) in [5.41, 5.74) is 1.01. The first-order valence-corrected chi connectivity index (χ1v) is 6.31. The quantitative estimate of drug-likeness (QED) is 0.722. The molecule has 1 heterocycles. The van der Waals surface area contributed by atoms with Crippen molar-refractivity contribution in [1.29, 1.82) is 0 Å². The van der Waals surface area contributed by atoms with Crippen molar-refractivity contribution in [2.75, 3.05) is 37.6 Å². The molecule has 16 heavy (non-hydrogen) atoms. The van der Waals surface area contributed by atoms with E-state index >= 15 is 0 Å². The van der Waals surface area contributed by atoms with Crippen molar-refractivity contribution in [3.63, 3.8) is 0 Å². The number of rotatable bonds is 2. The Bertz CT molecular complexity index is 362. The van der Waals surface area contributed by atoms with Crippen LogP contribution in [0, 0.1) is 5.82 Å². The third-order valence-corrected chi connectivity index (χ3v) is 3.76. The fraction of sp³-hybridized carbons (Fsp3) is 0.500. The van der Waals surface area contributed by atoms with Crippen molar-refractivity contribution in [2.24, 2.45) is 0 Å². The molecule has 0 saturated carbocycles. The summed E-state index contributed by atoms with van der Waals surface area (Å²) in [6.07, 6.45) is 0. The molecule has 88 valence electrons. The van der Waals surface area contributed by atoms with Gasteiger partial charge in [-0.1, -0.05) is 13.0 Å². The molecule has 1 aromatic rings. The first-order chi connectivity index (χ1) is 7.72. The third-order valence-electron chi connectivity index (χ3n) is 3.19. The van der Waals surface area contributed by atoms with Gasteiger partial charge in [-0.05, 0) is 18.7 Å². The molecule has 1 atom stereocenters. The number of benzene rings is 1. The van der Waals surface area contributed by atoms with Gasteiger partial charge in [0.1, 0.15) is 5.82 Å². The molecule has 1 saturated heterocycles. The normalized spacial score (nSPS) is 17.8. The fourth-order valence-corrected chi connectivity index (χ4v) is 2.48. The lowest BCUT2D eigenvalue weighted by molar-refractivity contribution is 0.271. The van der Waals surface area contributed by atoms with Crippen LogP contribution in [0.4, 0.5) is 10.1 Å². The smallest absolute Gasteiger partial charge is 0.132 e.